The van der Waals surface area contributed by atoms with Gasteiger partial charge in [0.05, 0.1) is 12.1 Å². The van der Waals surface area contributed by atoms with E-state index in [-0.39, 0.29) is 5.91 Å². The molecule has 0 unspecified atom stereocenters. The van der Waals surface area contributed by atoms with Gasteiger partial charge < -0.3 is 5.32 Å². The van der Waals surface area contributed by atoms with E-state index in [9.17, 15) is 4.79 Å². The van der Waals surface area contributed by atoms with Gasteiger partial charge in [0, 0.05) is 23.7 Å². The summed E-state index contributed by atoms with van der Waals surface area (Å²) in [6, 6.07) is 19.2. The standard InChI is InChI=1S/C25H29N3OS/c1-19-9-5-6-13-23(19)27-24(29)16-25-26-21(18-30-25)17-28-14-8-7-12-22(28)15-20-10-3-2-4-11-20/h2-6,9-11,13,18,22H,7-8,12,14-17H2,1H3,(H,27,29)/t22-/m1/s1. The molecular formula is C25H29N3OS. The largest absolute Gasteiger partial charge is 0.325 e. The van der Waals surface area contributed by atoms with Crippen LogP contribution in [0.1, 0.15) is 41.1 Å². The molecule has 0 radical (unpaired) electrons. The van der Waals surface area contributed by atoms with Gasteiger partial charge in [-0.1, -0.05) is 55.0 Å². The number of piperidine rings is 1. The van der Waals surface area contributed by atoms with Crippen LogP contribution in [0.3, 0.4) is 0 Å². The minimum absolute atomic E-state index is 0.00914. The summed E-state index contributed by atoms with van der Waals surface area (Å²) in [7, 11) is 0. The van der Waals surface area contributed by atoms with Gasteiger partial charge >= 0.3 is 0 Å². The first-order chi connectivity index (χ1) is 14.7. The number of para-hydroxylation sites is 1. The summed E-state index contributed by atoms with van der Waals surface area (Å²) in [5, 5.41) is 6.00. The molecule has 2 heterocycles. The van der Waals surface area contributed by atoms with E-state index in [1.807, 2.05) is 31.2 Å². The third kappa shape index (κ3) is 5.55. The molecule has 1 atom stereocenters. The molecule has 3 aromatic rings. The number of hydrogen-bond acceptors (Lipinski definition) is 4. The molecular weight excluding hydrogens is 390 g/mol. The van der Waals surface area contributed by atoms with E-state index in [4.69, 9.17) is 4.98 Å². The number of nitrogens with zero attached hydrogens (tertiary/aromatic N) is 2. The fourth-order valence-electron chi connectivity index (χ4n) is 4.14. The van der Waals surface area contributed by atoms with Gasteiger partial charge in [-0.15, -0.1) is 11.3 Å². The van der Waals surface area contributed by atoms with Crippen molar-refractivity contribution in [2.24, 2.45) is 0 Å². The van der Waals surface area contributed by atoms with Gasteiger partial charge in [0.2, 0.25) is 5.91 Å². The first kappa shape index (κ1) is 20.8. The Bertz CT molecular complexity index is 969. The summed E-state index contributed by atoms with van der Waals surface area (Å²) < 4.78 is 0. The van der Waals surface area contributed by atoms with E-state index in [0.29, 0.717) is 12.5 Å². The van der Waals surface area contributed by atoms with Crippen LogP contribution >= 0.6 is 11.3 Å². The van der Waals surface area contributed by atoms with Gasteiger partial charge in [-0.25, -0.2) is 4.98 Å². The Labute approximate surface area is 183 Å². The number of anilines is 1. The molecule has 0 bridgehead atoms. The zero-order valence-corrected chi connectivity index (χ0v) is 18.3. The molecule has 1 saturated heterocycles. The van der Waals surface area contributed by atoms with Crippen LogP contribution in [0, 0.1) is 6.92 Å². The van der Waals surface area contributed by atoms with Gasteiger partial charge in [-0.05, 0) is 49.9 Å². The number of aryl methyl sites for hydroxylation is 1. The second kappa shape index (κ2) is 10.0. The minimum atomic E-state index is -0.00914. The molecule has 1 aliphatic rings. The van der Waals surface area contributed by atoms with E-state index in [0.717, 1.165) is 41.5 Å². The van der Waals surface area contributed by atoms with Crippen LogP contribution in [0.5, 0.6) is 0 Å². The highest BCUT2D eigenvalue weighted by molar-refractivity contribution is 7.09. The molecule has 4 rings (SSSR count). The molecule has 1 aromatic heterocycles. The summed E-state index contributed by atoms with van der Waals surface area (Å²) >= 11 is 1.59. The Hall–Kier alpha value is -2.50. The fourth-order valence-corrected chi connectivity index (χ4v) is 4.92. The smallest absolute Gasteiger partial charge is 0.231 e. The topological polar surface area (TPSA) is 45.2 Å². The van der Waals surface area contributed by atoms with Crippen molar-refractivity contribution in [3.63, 3.8) is 0 Å². The van der Waals surface area contributed by atoms with E-state index in [2.05, 4.69) is 45.9 Å². The van der Waals surface area contributed by atoms with Gasteiger partial charge in [0.25, 0.3) is 0 Å². The van der Waals surface area contributed by atoms with Gasteiger partial charge in [-0.2, -0.15) is 0 Å². The molecule has 1 fully saturated rings. The summed E-state index contributed by atoms with van der Waals surface area (Å²) in [6.07, 6.45) is 5.21. The maximum absolute atomic E-state index is 12.4. The van der Waals surface area contributed by atoms with E-state index < -0.39 is 0 Å². The van der Waals surface area contributed by atoms with Crippen LogP contribution in [-0.2, 0) is 24.2 Å². The number of aromatic nitrogens is 1. The number of benzene rings is 2. The fraction of sp³-hybridized carbons (Fsp3) is 0.360. The first-order valence-electron chi connectivity index (χ1n) is 10.7. The summed E-state index contributed by atoms with van der Waals surface area (Å²) in [5.74, 6) is -0.00914. The van der Waals surface area contributed by atoms with Crippen molar-refractivity contribution in [1.82, 2.24) is 9.88 Å². The van der Waals surface area contributed by atoms with Gasteiger partial charge in [-0.3, -0.25) is 9.69 Å². The predicted molar refractivity (Wildman–Crippen MR) is 124 cm³/mol. The number of nitrogens with one attached hydrogen (secondary N) is 1. The van der Waals surface area contributed by atoms with Gasteiger partial charge in [0.1, 0.15) is 5.01 Å². The second-order valence-corrected chi connectivity index (χ2v) is 9.02. The van der Waals surface area contributed by atoms with E-state index in [1.165, 1.54) is 24.8 Å². The molecule has 4 nitrogen and oxygen atoms in total. The highest BCUT2D eigenvalue weighted by atomic mass is 32.1. The molecule has 1 amide bonds. The monoisotopic (exact) mass is 419 g/mol. The lowest BCUT2D eigenvalue weighted by Gasteiger charge is -2.35. The number of amides is 1. The minimum Gasteiger partial charge on any atom is -0.325 e. The summed E-state index contributed by atoms with van der Waals surface area (Å²) in [6.45, 7) is 3.99. The number of carbonyl (C=O) groups is 1. The number of likely N-dealkylation sites (tertiary alicyclic amines) is 1. The third-order valence-electron chi connectivity index (χ3n) is 5.76. The first-order valence-corrected chi connectivity index (χ1v) is 11.6. The van der Waals surface area contributed by atoms with Crippen LogP contribution in [0.15, 0.2) is 60.0 Å². The molecule has 1 aliphatic heterocycles. The lowest BCUT2D eigenvalue weighted by Crippen LogP contribution is -2.40. The number of carbonyl (C=O) groups excluding carboxylic acids is 1. The van der Waals surface area contributed by atoms with Crippen molar-refractivity contribution in [3.8, 4) is 0 Å². The molecule has 30 heavy (non-hydrogen) atoms. The Balaban J connectivity index is 1.35. The lowest BCUT2D eigenvalue weighted by molar-refractivity contribution is -0.115. The number of hydrogen-bond donors (Lipinski definition) is 1. The maximum Gasteiger partial charge on any atom is 0.231 e. The highest BCUT2D eigenvalue weighted by Gasteiger charge is 2.23. The van der Waals surface area contributed by atoms with E-state index in [1.54, 1.807) is 11.3 Å². The zero-order chi connectivity index (χ0) is 20.8. The molecule has 5 heteroatoms. The second-order valence-electron chi connectivity index (χ2n) is 8.08. The third-order valence-corrected chi connectivity index (χ3v) is 6.66. The van der Waals surface area contributed by atoms with Crippen molar-refractivity contribution in [2.45, 2.75) is 51.6 Å². The average Bonchev–Trinajstić information content (AvgIpc) is 3.18. The number of thiazole rings is 1. The zero-order valence-electron chi connectivity index (χ0n) is 17.5. The molecule has 1 N–H and O–H groups in total. The predicted octanol–water partition coefficient (Wildman–Crippen LogP) is 5.23. The highest BCUT2D eigenvalue weighted by Crippen LogP contribution is 2.24. The normalized spacial score (nSPS) is 17.0. The quantitative estimate of drug-likeness (QED) is 0.570. The van der Waals surface area contributed by atoms with Crippen molar-refractivity contribution in [3.05, 3.63) is 81.8 Å². The van der Waals surface area contributed by atoms with Crippen LogP contribution in [0.4, 0.5) is 5.69 Å². The molecule has 0 aliphatic carbocycles. The number of rotatable bonds is 7. The summed E-state index contributed by atoms with van der Waals surface area (Å²) in [5.41, 5.74) is 4.43. The molecule has 0 saturated carbocycles. The molecule has 0 spiro atoms. The van der Waals surface area contributed by atoms with Crippen molar-refractivity contribution >= 4 is 22.9 Å². The van der Waals surface area contributed by atoms with E-state index >= 15 is 0 Å². The van der Waals surface area contributed by atoms with Gasteiger partial charge in [0.15, 0.2) is 0 Å². The lowest BCUT2D eigenvalue weighted by atomic mass is 9.95. The van der Waals surface area contributed by atoms with Crippen molar-refractivity contribution < 1.29 is 4.79 Å². The maximum atomic E-state index is 12.4. The Morgan fingerprint density at radius 2 is 1.93 bits per heavy atom. The Kier molecular flexibility index (Phi) is 6.92. The SMILES string of the molecule is Cc1ccccc1NC(=O)Cc1nc(CN2CCCC[C@@H]2Cc2ccccc2)cs1. The Morgan fingerprint density at radius 3 is 2.77 bits per heavy atom. The molecule has 156 valence electrons. The van der Waals surface area contributed by atoms with Crippen LogP contribution in [-0.4, -0.2) is 28.4 Å². The van der Waals surface area contributed by atoms with Crippen molar-refractivity contribution in [1.29, 1.82) is 0 Å². The molecule has 2 aromatic carbocycles. The van der Waals surface area contributed by atoms with Crippen LogP contribution in [0.25, 0.3) is 0 Å². The van der Waals surface area contributed by atoms with Crippen LogP contribution in [0.2, 0.25) is 0 Å². The Morgan fingerprint density at radius 1 is 1.13 bits per heavy atom. The van der Waals surface area contributed by atoms with Crippen LogP contribution < -0.4 is 5.32 Å². The summed E-state index contributed by atoms with van der Waals surface area (Å²) in [4.78, 5) is 19.8. The van der Waals surface area contributed by atoms with Crippen molar-refractivity contribution in [2.75, 3.05) is 11.9 Å². The average molecular weight is 420 g/mol.